The number of methoxy groups -OCH3 is 3. The van der Waals surface area contributed by atoms with Crippen LogP contribution in [0.2, 0.25) is 0 Å². The van der Waals surface area contributed by atoms with Crippen LogP contribution >= 0.6 is 0 Å². The Morgan fingerprint density at radius 3 is 2.36 bits per heavy atom. The molecule has 0 amide bonds. The number of carbonyl (C=O) groups is 1. The molecule has 238 valence electrons. The Kier molecular flexibility index (Phi) is 10.8. The summed E-state index contributed by atoms with van der Waals surface area (Å²) in [4.78, 5) is 12.7. The van der Waals surface area contributed by atoms with Crippen LogP contribution < -0.4 is 9.47 Å². The van der Waals surface area contributed by atoms with Gasteiger partial charge in [0.1, 0.15) is 17.3 Å². The van der Waals surface area contributed by atoms with Gasteiger partial charge in [0.15, 0.2) is 13.6 Å². The van der Waals surface area contributed by atoms with E-state index in [1.807, 2.05) is 0 Å². The van der Waals surface area contributed by atoms with Gasteiger partial charge >= 0.3 is 5.97 Å². The minimum atomic E-state index is -3.95. The fraction of sp³-hybridized carbons (Fsp3) is 0.312. The molecule has 0 aliphatic heterocycles. The molecule has 45 heavy (non-hydrogen) atoms. The largest absolute Gasteiger partial charge is 0.469 e. The maximum absolute atomic E-state index is 14.8. The second kappa shape index (κ2) is 14.5. The molecule has 0 saturated carbocycles. The van der Waals surface area contributed by atoms with E-state index in [1.165, 1.54) is 51.7 Å². The second-order valence-electron chi connectivity index (χ2n) is 9.99. The topological polar surface area (TPSA) is 135 Å². The lowest BCUT2D eigenvalue weighted by Gasteiger charge is -2.22. The van der Waals surface area contributed by atoms with E-state index in [1.54, 1.807) is 31.2 Å². The standard InChI is InChI=1S/C32H33FN2O9S/c1-20(32(36)41-4)22-13-26(25-16-24(33)7-9-30(25)43-18-40-3)31(44-19-42-11-10-39-2)27(14-22)29-15-23-12-21(17-34)6-8-28(23)35(29)45(5,37)38/h6-9,12-16,20H,10-11,18-19H2,1-5H3. The van der Waals surface area contributed by atoms with Crippen LogP contribution in [0.15, 0.2) is 54.6 Å². The van der Waals surface area contributed by atoms with E-state index in [4.69, 9.17) is 28.4 Å². The van der Waals surface area contributed by atoms with Gasteiger partial charge in [-0.15, -0.1) is 0 Å². The number of hydrogen-bond donors (Lipinski definition) is 0. The Hall–Kier alpha value is -4.48. The van der Waals surface area contributed by atoms with E-state index in [0.29, 0.717) is 28.6 Å². The number of hydrogen-bond acceptors (Lipinski definition) is 10. The van der Waals surface area contributed by atoms with Crippen LogP contribution in [0, 0.1) is 17.1 Å². The number of carbonyl (C=O) groups excluding carboxylic acids is 1. The zero-order valence-electron chi connectivity index (χ0n) is 25.5. The van der Waals surface area contributed by atoms with Crippen LogP contribution in [0.5, 0.6) is 11.5 Å². The summed E-state index contributed by atoms with van der Waals surface area (Å²) in [6.07, 6.45) is 1.05. The highest BCUT2D eigenvalue weighted by Crippen LogP contribution is 2.46. The van der Waals surface area contributed by atoms with Crippen LogP contribution in [0.4, 0.5) is 4.39 Å². The number of fused-ring (bicyclic) bond motifs is 1. The molecule has 0 aliphatic rings. The van der Waals surface area contributed by atoms with Crippen molar-refractivity contribution in [1.29, 1.82) is 5.26 Å². The molecule has 1 heterocycles. The van der Waals surface area contributed by atoms with Crippen LogP contribution in [0.25, 0.3) is 33.3 Å². The molecule has 0 fully saturated rings. The van der Waals surface area contributed by atoms with Gasteiger partial charge in [-0.1, -0.05) is 0 Å². The highest BCUT2D eigenvalue weighted by atomic mass is 32.2. The van der Waals surface area contributed by atoms with Crippen molar-refractivity contribution in [2.24, 2.45) is 0 Å². The lowest BCUT2D eigenvalue weighted by Crippen LogP contribution is -2.15. The zero-order chi connectivity index (χ0) is 32.7. The summed E-state index contributed by atoms with van der Waals surface area (Å²) in [5, 5.41) is 9.96. The van der Waals surface area contributed by atoms with Crippen molar-refractivity contribution in [3.8, 4) is 40.0 Å². The molecule has 0 aliphatic carbocycles. The Labute approximate surface area is 260 Å². The summed E-state index contributed by atoms with van der Waals surface area (Å²) in [6, 6.07) is 15.4. The van der Waals surface area contributed by atoms with E-state index in [-0.39, 0.29) is 54.1 Å². The first-order chi connectivity index (χ1) is 21.5. The lowest BCUT2D eigenvalue weighted by atomic mass is 9.91. The van der Waals surface area contributed by atoms with E-state index in [9.17, 15) is 22.9 Å². The molecule has 1 atom stereocenters. The van der Waals surface area contributed by atoms with Gasteiger partial charge in [-0.3, -0.25) is 4.79 Å². The summed E-state index contributed by atoms with van der Waals surface area (Å²) < 4.78 is 75.2. The Morgan fingerprint density at radius 2 is 1.69 bits per heavy atom. The third-order valence-corrected chi connectivity index (χ3v) is 8.00. The average Bonchev–Trinajstić information content (AvgIpc) is 3.42. The van der Waals surface area contributed by atoms with Crippen LogP contribution in [-0.2, 0) is 33.8 Å². The van der Waals surface area contributed by atoms with E-state index >= 15 is 0 Å². The summed E-state index contributed by atoms with van der Waals surface area (Å²) >= 11 is 0. The molecule has 3 aromatic carbocycles. The molecule has 11 nitrogen and oxygen atoms in total. The van der Waals surface area contributed by atoms with Crippen molar-refractivity contribution in [3.63, 3.8) is 0 Å². The molecule has 4 aromatic rings. The van der Waals surface area contributed by atoms with Gasteiger partial charge in [-0.2, -0.15) is 5.26 Å². The monoisotopic (exact) mass is 640 g/mol. The lowest BCUT2D eigenvalue weighted by molar-refractivity contribution is -0.142. The minimum absolute atomic E-state index is 0.120. The van der Waals surface area contributed by atoms with Crippen LogP contribution in [0.1, 0.15) is 24.0 Å². The first kappa shape index (κ1) is 33.4. The van der Waals surface area contributed by atoms with Gasteiger partial charge in [0.25, 0.3) is 0 Å². The van der Waals surface area contributed by atoms with Gasteiger partial charge in [-0.05, 0) is 67.1 Å². The van der Waals surface area contributed by atoms with Crippen molar-refractivity contribution in [1.82, 2.24) is 3.97 Å². The Balaban J connectivity index is 2.13. The van der Waals surface area contributed by atoms with E-state index in [2.05, 4.69) is 6.07 Å². The SMILES string of the molecule is COCCOCOc1c(-c2cc(F)ccc2OCOC)cc(C(C)C(=O)OC)cc1-c1cc2cc(C#N)ccc2n1S(C)(=O)=O. The molecule has 13 heteroatoms. The molecule has 0 N–H and O–H groups in total. The van der Waals surface area contributed by atoms with Crippen molar-refractivity contribution in [2.45, 2.75) is 12.8 Å². The van der Waals surface area contributed by atoms with Crippen molar-refractivity contribution < 1.29 is 46.0 Å². The minimum Gasteiger partial charge on any atom is -0.469 e. The summed E-state index contributed by atoms with van der Waals surface area (Å²) in [6.45, 7) is 1.69. The highest BCUT2D eigenvalue weighted by molar-refractivity contribution is 7.89. The van der Waals surface area contributed by atoms with Crippen LogP contribution in [0.3, 0.4) is 0 Å². The van der Waals surface area contributed by atoms with Gasteiger partial charge in [0, 0.05) is 36.3 Å². The molecule has 0 spiro atoms. The fourth-order valence-electron chi connectivity index (χ4n) is 4.83. The fourth-order valence-corrected chi connectivity index (χ4v) is 5.86. The first-order valence-corrected chi connectivity index (χ1v) is 15.5. The van der Waals surface area contributed by atoms with Gasteiger partial charge < -0.3 is 28.4 Å². The van der Waals surface area contributed by atoms with Gasteiger partial charge in [0.05, 0.1) is 55.3 Å². The predicted octanol–water partition coefficient (Wildman–Crippen LogP) is 5.05. The number of nitrogens with zero attached hydrogens (tertiary/aromatic N) is 2. The Morgan fingerprint density at radius 1 is 0.933 bits per heavy atom. The van der Waals surface area contributed by atoms with Crippen molar-refractivity contribution in [3.05, 3.63) is 71.5 Å². The molecule has 4 rings (SSSR count). The number of nitriles is 1. The van der Waals surface area contributed by atoms with Crippen molar-refractivity contribution >= 4 is 26.9 Å². The number of rotatable bonds is 14. The number of halogens is 1. The smallest absolute Gasteiger partial charge is 0.312 e. The number of ether oxygens (including phenoxy) is 6. The number of aromatic nitrogens is 1. The summed E-state index contributed by atoms with van der Waals surface area (Å²) in [5.41, 5.74) is 2.01. The molecule has 0 bridgehead atoms. The normalized spacial score (nSPS) is 12.1. The van der Waals surface area contributed by atoms with E-state index in [0.717, 1.165) is 10.2 Å². The predicted molar refractivity (Wildman–Crippen MR) is 164 cm³/mol. The second-order valence-corrected chi connectivity index (χ2v) is 11.8. The number of benzene rings is 3. The third kappa shape index (κ3) is 7.43. The Bertz CT molecular complexity index is 1850. The first-order valence-electron chi connectivity index (χ1n) is 13.7. The zero-order valence-corrected chi connectivity index (χ0v) is 26.3. The molecule has 1 unspecified atom stereocenters. The van der Waals surface area contributed by atoms with Gasteiger partial charge in [-0.25, -0.2) is 16.8 Å². The molecule has 1 aromatic heterocycles. The summed E-state index contributed by atoms with van der Waals surface area (Å²) in [7, 11) is 0.263. The van der Waals surface area contributed by atoms with Gasteiger partial charge in [0.2, 0.25) is 10.0 Å². The highest BCUT2D eigenvalue weighted by Gasteiger charge is 2.28. The van der Waals surface area contributed by atoms with E-state index < -0.39 is 27.7 Å². The molecular formula is C32H33FN2O9S. The molecule has 0 radical (unpaired) electrons. The maximum atomic E-state index is 14.8. The summed E-state index contributed by atoms with van der Waals surface area (Å²) in [5.74, 6) is -1.60. The third-order valence-electron chi connectivity index (χ3n) is 6.94. The van der Waals surface area contributed by atoms with Crippen LogP contribution in [-0.4, -0.2) is 72.7 Å². The quantitative estimate of drug-likeness (QED) is 0.105. The number of esters is 1. The average molecular weight is 641 g/mol. The van der Waals surface area contributed by atoms with Crippen molar-refractivity contribution in [2.75, 3.05) is 54.4 Å². The molecular weight excluding hydrogens is 607 g/mol. The maximum Gasteiger partial charge on any atom is 0.312 e. The molecule has 0 saturated heterocycles.